The van der Waals surface area contributed by atoms with Crippen LogP contribution >= 0.6 is 0 Å². The van der Waals surface area contributed by atoms with Crippen molar-refractivity contribution < 1.29 is 18.7 Å². The molecule has 28 heavy (non-hydrogen) atoms. The maximum absolute atomic E-state index is 13.7. The van der Waals surface area contributed by atoms with Gasteiger partial charge in [-0.15, -0.1) is 0 Å². The minimum absolute atomic E-state index is 0.0487. The van der Waals surface area contributed by atoms with Crippen LogP contribution in [-0.4, -0.2) is 53.3 Å². The van der Waals surface area contributed by atoms with Crippen molar-refractivity contribution in [2.45, 2.75) is 31.4 Å². The second kappa shape index (κ2) is 8.92. The molecule has 2 heterocycles. The summed E-state index contributed by atoms with van der Waals surface area (Å²) in [7, 11) is 1.75. The summed E-state index contributed by atoms with van der Waals surface area (Å²) in [5.74, 6) is -0.768. The number of aliphatic hydroxyl groups is 1. The van der Waals surface area contributed by atoms with Crippen molar-refractivity contribution in [3.63, 3.8) is 0 Å². The highest BCUT2D eigenvalue weighted by Crippen LogP contribution is 2.25. The number of carbonyl (C=O) groups excluding carboxylic acids is 1. The third kappa shape index (κ3) is 4.72. The zero-order valence-corrected chi connectivity index (χ0v) is 15.5. The van der Waals surface area contributed by atoms with Crippen molar-refractivity contribution in [3.8, 4) is 0 Å². The SMILES string of the molecule is CNc1cc(N2C[C@H](O)C[C@@H]2CNC(=O)CCc2cccc(F)c2F)ncn1. The van der Waals surface area contributed by atoms with E-state index in [4.69, 9.17) is 0 Å². The molecule has 1 fully saturated rings. The lowest BCUT2D eigenvalue weighted by molar-refractivity contribution is -0.121. The van der Waals surface area contributed by atoms with E-state index in [0.717, 1.165) is 6.07 Å². The van der Waals surface area contributed by atoms with Crippen molar-refractivity contribution in [1.82, 2.24) is 15.3 Å². The number of hydrogen-bond acceptors (Lipinski definition) is 6. The summed E-state index contributed by atoms with van der Waals surface area (Å²) >= 11 is 0. The highest BCUT2D eigenvalue weighted by atomic mass is 19.2. The van der Waals surface area contributed by atoms with Crippen molar-refractivity contribution in [2.75, 3.05) is 30.4 Å². The van der Waals surface area contributed by atoms with Gasteiger partial charge >= 0.3 is 0 Å². The second-order valence-electron chi connectivity index (χ2n) is 6.72. The van der Waals surface area contributed by atoms with Crippen LogP contribution in [-0.2, 0) is 11.2 Å². The van der Waals surface area contributed by atoms with Crippen LogP contribution in [0.4, 0.5) is 20.4 Å². The molecule has 3 rings (SSSR count). The van der Waals surface area contributed by atoms with E-state index >= 15 is 0 Å². The lowest BCUT2D eigenvalue weighted by atomic mass is 10.1. The number of carbonyl (C=O) groups is 1. The first kappa shape index (κ1) is 19.9. The minimum atomic E-state index is -0.917. The monoisotopic (exact) mass is 391 g/mol. The van der Waals surface area contributed by atoms with E-state index in [9.17, 15) is 18.7 Å². The molecule has 1 aliphatic rings. The smallest absolute Gasteiger partial charge is 0.220 e. The molecule has 0 aliphatic carbocycles. The normalized spacial score (nSPS) is 18.9. The molecule has 1 aromatic heterocycles. The van der Waals surface area contributed by atoms with Crippen LogP contribution in [0.5, 0.6) is 0 Å². The summed E-state index contributed by atoms with van der Waals surface area (Å²) in [5.41, 5.74) is 0.175. The fourth-order valence-electron chi connectivity index (χ4n) is 3.32. The summed E-state index contributed by atoms with van der Waals surface area (Å²) in [6.45, 7) is 0.732. The Morgan fingerprint density at radius 3 is 2.96 bits per heavy atom. The lowest BCUT2D eigenvalue weighted by Crippen LogP contribution is -2.40. The van der Waals surface area contributed by atoms with E-state index in [1.54, 1.807) is 13.1 Å². The van der Waals surface area contributed by atoms with Crippen LogP contribution in [0.1, 0.15) is 18.4 Å². The fourth-order valence-corrected chi connectivity index (χ4v) is 3.32. The van der Waals surface area contributed by atoms with E-state index in [1.807, 2.05) is 4.90 Å². The maximum atomic E-state index is 13.7. The Morgan fingerprint density at radius 1 is 1.36 bits per heavy atom. The predicted octanol–water partition coefficient (Wildman–Crippen LogP) is 1.49. The number of benzene rings is 1. The number of aryl methyl sites for hydroxylation is 1. The van der Waals surface area contributed by atoms with Crippen LogP contribution in [0.2, 0.25) is 0 Å². The summed E-state index contributed by atoms with van der Waals surface area (Å²) < 4.78 is 26.9. The maximum Gasteiger partial charge on any atom is 0.220 e. The lowest BCUT2D eigenvalue weighted by Gasteiger charge is -2.25. The van der Waals surface area contributed by atoms with Crippen molar-refractivity contribution in [1.29, 1.82) is 0 Å². The van der Waals surface area contributed by atoms with E-state index in [0.29, 0.717) is 31.1 Å². The third-order valence-corrected chi connectivity index (χ3v) is 4.78. The Bertz CT molecular complexity index is 836. The number of nitrogens with zero attached hydrogens (tertiary/aromatic N) is 3. The van der Waals surface area contributed by atoms with E-state index in [1.165, 1.54) is 18.5 Å². The molecule has 2 aromatic rings. The average molecular weight is 391 g/mol. The van der Waals surface area contributed by atoms with Crippen LogP contribution in [0.3, 0.4) is 0 Å². The average Bonchev–Trinajstić information content (AvgIpc) is 3.08. The molecule has 9 heteroatoms. The van der Waals surface area contributed by atoms with Crippen molar-refractivity contribution in [3.05, 3.63) is 47.8 Å². The molecule has 7 nitrogen and oxygen atoms in total. The number of aliphatic hydroxyl groups excluding tert-OH is 1. The Kier molecular flexibility index (Phi) is 6.35. The van der Waals surface area contributed by atoms with E-state index in [2.05, 4.69) is 20.6 Å². The Morgan fingerprint density at radius 2 is 2.18 bits per heavy atom. The molecule has 0 bridgehead atoms. The van der Waals surface area contributed by atoms with Gasteiger partial charge in [0.15, 0.2) is 11.6 Å². The molecule has 1 aromatic carbocycles. The highest BCUT2D eigenvalue weighted by molar-refractivity contribution is 5.76. The number of rotatable bonds is 7. The minimum Gasteiger partial charge on any atom is -0.391 e. The van der Waals surface area contributed by atoms with Gasteiger partial charge < -0.3 is 20.6 Å². The van der Waals surface area contributed by atoms with Gasteiger partial charge in [0.25, 0.3) is 0 Å². The number of nitrogens with one attached hydrogen (secondary N) is 2. The zero-order valence-electron chi connectivity index (χ0n) is 15.5. The van der Waals surface area contributed by atoms with Gasteiger partial charge in [-0.3, -0.25) is 4.79 Å². The fraction of sp³-hybridized carbons (Fsp3) is 0.421. The molecule has 1 amide bonds. The second-order valence-corrected chi connectivity index (χ2v) is 6.72. The van der Waals surface area contributed by atoms with Gasteiger partial charge in [0.2, 0.25) is 5.91 Å². The molecule has 0 unspecified atom stereocenters. The van der Waals surface area contributed by atoms with E-state index in [-0.39, 0.29) is 30.4 Å². The molecule has 2 atom stereocenters. The number of β-amino-alcohol motifs (C(OH)–C–C–N with tert-alkyl or cyclic N) is 1. The largest absolute Gasteiger partial charge is 0.391 e. The van der Waals surface area contributed by atoms with Crippen LogP contribution in [0.15, 0.2) is 30.6 Å². The summed E-state index contributed by atoms with van der Waals surface area (Å²) in [4.78, 5) is 22.4. The molecule has 0 saturated carbocycles. The predicted molar refractivity (Wildman–Crippen MR) is 101 cm³/mol. The summed E-state index contributed by atoms with van der Waals surface area (Å²) in [6.07, 6.45) is 1.58. The Hall–Kier alpha value is -2.81. The third-order valence-electron chi connectivity index (χ3n) is 4.78. The first-order chi connectivity index (χ1) is 13.5. The summed E-state index contributed by atoms with van der Waals surface area (Å²) in [5, 5.41) is 15.8. The number of halogens is 2. The van der Waals surface area contributed by atoms with Crippen LogP contribution < -0.4 is 15.5 Å². The zero-order chi connectivity index (χ0) is 20.1. The molecule has 0 spiro atoms. The molecule has 3 N–H and O–H groups in total. The number of hydrogen-bond donors (Lipinski definition) is 3. The van der Waals surface area contributed by atoms with Crippen LogP contribution in [0, 0.1) is 11.6 Å². The Labute approximate surface area is 161 Å². The van der Waals surface area contributed by atoms with E-state index < -0.39 is 17.7 Å². The van der Waals surface area contributed by atoms with Gasteiger partial charge in [0.05, 0.1) is 12.1 Å². The first-order valence-corrected chi connectivity index (χ1v) is 9.12. The summed E-state index contributed by atoms with van der Waals surface area (Å²) in [6, 6.07) is 5.59. The number of anilines is 2. The highest BCUT2D eigenvalue weighted by Gasteiger charge is 2.32. The van der Waals surface area contributed by atoms with Crippen molar-refractivity contribution >= 4 is 17.5 Å². The van der Waals surface area contributed by atoms with Gasteiger partial charge in [-0.1, -0.05) is 12.1 Å². The standard InChI is InChI=1S/C19H23F2N5O2/c1-22-16-8-17(25-11-24-16)26-10-14(27)7-13(26)9-23-18(28)6-5-12-3-2-4-15(20)19(12)21/h2-4,8,11,13-14,27H,5-7,9-10H2,1H3,(H,23,28)(H,22,24,25)/t13-,14-/m1/s1. The topological polar surface area (TPSA) is 90.4 Å². The molecule has 1 aliphatic heterocycles. The number of aromatic nitrogens is 2. The first-order valence-electron chi connectivity index (χ1n) is 9.12. The van der Waals surface area contributed by atoms with Crippen LogP contribution in [0.25, 0.3) is 0 Å². The molecule has 0 radical (unpaired) electrons. The Balaban J connectivity index is 1.56. The molecular formula is C19H23F2N5O2. The molecule has 150 valence electrons. The van der Waals surface area contributed by atoms with Gasteiger partial charge in [0, 0.05) is 32.6 Å². The molecular weight excluding hydrogens is 368 g/mol. The van der Waals surface area contributed by atoms with Gasteiger partial charge in [-0.05, 0) is 24.5 Å². The number of amides is 1. The van der Waals surface area contributed by atoms with Gasteiger partial charge in [0.1, 0.15) is 18.0 Å². The van der Waals surface area contributed by atoms with Crippen molar-refractivity contribution in [2.24, 2.45) is 0 Å². The molecule has 1 saturated heterocycles. The van der Waals surface area contributed by atoms with Gasteiger partial charge in [-0.2, -0.15) is 0 Å². The van der Waals surface area contributed by atoms with Gasteiger partial charge in [-0.25, -0.2) is 18.7 Å². The quantitative estimate of drug-likeness (QED) is 0.663.